The van der Waals surface area contributed by atoms with Gasteiger partial charge in [0, 0.05) is 30.6 Å². The van der Waals surface area contributed by atoms with E-state index in [0.717, 1.165) is 17.7 Å². The van der Waals surface area contributed by atoms with Crippen LogP contribution < -0.4 is 9.47 Å². The third-order valence-electron chi connectivity index (χ3n) is 5.70. The SMILES string of the molecule is C=CCN(CC(=O)N1CCc2sccc2C1COc1cccc(OC)c1)CC(O)COC(C)C. The largest absolute Gasteiger partial charge is 0.497 e. The van der Waals surface area contributed by atoms with Crippen LogP contribution in [0.2, 0.25) is 0 Å². The molecule has 0 spiro atoms. The highest BCUT2D eigenvalue weighted by molar-refractivity contribution is 7.10. The summed E-state index contributed by atoms with van der Waals surface area (Å²) in [6.45, 7) is 9.94. The number of hydrogen-bond donors (Lipinski definition) is 1. The molecule has 2 heterocycles. The Morgan fingerprint density at radius 2 is 2.15 bits per heavy atom. The summed E-state index contributed by atoms with van der Waals surface area (Å²) in [5.41, 5.74) is 1.15. The number of rotatable bonds is 13. The summed E-state index contributed by atoms with van der Waals surface area (Å²) < 4.78 is 16.9. The maximum Gasteiger partial charge on any atom is 0.237 e. The van der Waals surface area contributed by atoms with Crippen LogP contribution in [0.3, 0.4) is 0 Å². The Labute approximate surface area is 206 Å². The van der Waals surface area contributed by atoms with E-state index < -0.39 is 6.10 Å². The minimum atomic E-state index is -0.674. The molecule has 2 atom stereocenters. The van der Waals surface area contributed by atoms with E-state index in [1.165, 1.54) is 4.88 Å². The van der Waals surface area contributed by atoms with E-state index in [1.54, 1.807) is 24.5 Å². The van der Waals surface area contributed by atoms with Crippen LogP contribution in [0.25, 0.3) is 0 Å². The molecule has 0 aliphatic carbocycles. The number of carbonyl (C=O) groups excluding carboxylic acids is 1. The number of ether oxygens (including phenoxy) is 3. The van der Waals surface area contributed by atoms with Gasteiger partial charge in [-0.2, -0.15) is 0 Å². The zero-order chi connectivity index (χ0) is 24.5. The zero-order valence-corrected chi connectivity index (χ0v) is 21.1. The summed E-state index contributed by atoms with van der Waals surface area (Å²) in [5, 5.41) is 12.4. The molecule has 34 heavy (non-hydrogen) atoms. The number of carbonyl (C=O) groups is 1. The molecule has 8 heteroatoms. The molecule has 0 bridgehead atoms. The summed E-state index contributed by atoms with van der Waals surface area (Å²) in [5.74, 6) is 1.44. The minimum absolute atomic E-state index is 0.00919. The van der Waals surface area contributed by atoms with Gasteiger partial charge in [-0.25, -0.2) is 0 Å². The van der Waals surface area contributed by atoms with Gasteiger partial charge in [-0.15, -0.1) is 17.9 Å². The second-order valence-electron chi connectivity index (χ2n) is 8.66. The molecule has 1 aromatic carbocycles. The van der Waals surface area contributed by atoms with Crippen molar-refractivity contribution >= 4 is 17.2 Å². The lowest BCUT2D eigenvalue weighted by Crippen LogP contribution is -2.48. The average Bonchev–Trinajstić information content (AvgIpc) is 3.30. The van der Waals surface area contributed by atoms with E-state index in [9.17, 15) is 9.90 Å². The molecule has 3 rings (SSSR count). The molecule has 186 valence electrons. The van der Waals surface area contributed by atoms with Gasteiger partial charge in [0.15, 0.2) is 0 Å². The van der Waals surface area contributed by atoms with Gasteiger partial charge in [0.1, 0.15) is 18.1 Å². The summed E-state index contributed by atoms with van der Waals surface area (Å²) in [6.07, 6.45) is 1.95. The van der Waals surface area contributed by atoms with Gasteiger partial charge in [-0.1, -0.05) is 12.1 Å². The Kier molecular flexibility index (Phi) is 9.95. The Morgan fingerprint density at radius 3 is 2.88 bits per heavy atom. The number of nitrogens with zero attached hydrogens (tertiary/aromatic N) is 2. The first kappa shape index (κ1) is 26.2. The van der Waals surface area contributed by atoms with Gasteiger partial charge < -0.3 is 24.2 Å². The smallest absolute Gasteiger partial charge is 0.237 e. The fourth-order valence-electron chi connectivity index (χ4n) is 4.06. The lowest BCUT2D eigenvalue weighted by atomic mass is 10.0. The van der Waals surface area contributed by atoms with Crippen molar-refractivity contribution in [3.63, 3.8) is 0 Å². The molecule has 0 saturated carbocycles. The zero-order valence-electron chi connectivity index (χ0n) is 20.3. The second-order valence-corrected chi connectivity index (χ2v) is 9.66. The highest BCUT2D eigenvalue weighted by Crippen LogP contribution is 2.34. The molecule has 0 radical (unpaired) electrons. The number of fused-ring (bicyclic) bond motifs is 1. The third-order valence-corrected chi connectivity index (χ3v) is 6.70. The minimum Gasteiger partial charge on any atom is -0.497 e. The lowest BCUT2D eigenvalue weighted by molar-refractivity contribution is -0.136. The van der Waals surface area contributed by atoms with Crippen molar-refractivity contribution in [1.29, 1.82) is 0 Å². The lowest BCUT2D eigenvalue weighted by Gasteiger charge is -2.37. The normalized spacial score (nSPS) is 16.4. The van der Waals surface area contributed by atoms with E-state index in [0.29, 0.717) is 32.0 Å². The number of benzene rings is 1. The molecule has 0 saturated heterocycles. The van der Waals surface area contributed by atoms with Crippen LogP contribution in [0.15, 0.2) is 48.4 Å². The van der Waals surface area contributed by atoms with Crippen LogP contribution in [-0.2, 0) is 16.0 Å². The first-order chi connectivity index (χ1) is 16.4. The standard InChI is InChI=1S/C26H36N2O5S/c1-5-11-27(15-20(29)17-32-19(2)3)16-26(30)28-12-9-25-23(10-13-34-25)24(28)18-33-22-8-6-7-21(14-22)31-4/h5-8,10,13-14,19-20,24,29H,1,9,11-12,15-18H2,2-4H3. The van der Waals surface area contributed by atoms with E-state index >= 15 is 0 Å². The van der Waals surface area contributed by atoms with E-state index in [2.05, 4.69) is 18.0 Å². The number of hydrogen-bond acceptors (Lipinski definition) is 7. The van der Waals surface area contributed by atoms with Gasteiger partial charge in [0.05, 0.1) is 38.5 Å². The van der Waals surface area contributed by atoms with E-state index in [4.69, 9.17) is 14.2 Å². The molecule has 2 unspecified atom stereocenters. The molecule has 1 amide bonds. The highest BCUT2D eigenvalue weighted by Gasteiger charge is 2.33. The van der Waals surface area contributed by atoms with Crippen molar-refractivity contribution in [2.24, 2.45) is 0 Å². The quantitative estimate of drug-likeness (QED) is 0.435. The molecule has 1 aromatic heterocycles. The Bertz CT molecular complexity index is 931. The second kappa shape index (κ2) is 12.9. The van der Waals surface area contributed by atoms with Crippen molar-refractivity contribution in [2.45, 2.75) is 38.5 Å². The molecule has 2 aromatic rings. The third kappa shape index (κ3) is 7.30. The van der Waals surface area contributed by atoms with Crippen LogP contribution >= 0.6 is 11.3 Å². The number of amides is 1. The molecule has 1 aliphatic rings. The van der Waals surface area contributed by atoms with Crippen molar-refractivity contribution in [3.8, 4) is 11.5 Å². The molecular formula is C26H36N2O5S. The van der Waals surface area contributed by atoms with Gasteiger partial charge in [0.2, 0.25) is 5.91 Å². The number of methoxy groups -OCH3 is 1. The average molecular weight is 489 g/mol. The summed E-state index contributed by atoms with van der Waals surface area (Å²) in [6, 6.07) is 9.40. The van der Waals surface area contributed by atoms with Crippen LogP contribution in [0.5, 0.6) is 11.5 Å². The van der Waals surface area contributed by atoms with Crippen LogP contribution in [0, 0.1) is 0 Å². The van der Waals surface area contributed by atoms with E-state index in [1.807, 2.05) is 47.9 Å². The first-order valence-corrected chi connectivity index (χ1v) is 12.5. The molecule has 1 aliphatic heterocycles. The Morgan fingerprint density at radius 1 is 1.35 bits per heavy atom. The van der Waals surface area contributed by atoms with Crippen molar-refractivity contribution in [2.75, 3.05) is 46.5 Å². The maximum atomic E-state index is 13.4. The molecule has 1 N–H and O–H groups in total. The predicted octanol–water partition coefficient (Wildman–Crippen LogP) is 3.54. The van der Waals surface area contributed by atoms with Gasteiger partial charge in [-0.05, 0) is 49.4 Å². The number of aliphatic hydroxyl groups excluding tert-OH is 1. The molecular weight excluding hydrogens is 452 g/mol. The first-order valence-electron chi connectivity index (χ1n) is 11.7. The molecule has 0 fully saturated rings. The van der Waals surface area contributed by atoms with Crippen LogP contribution in [0.4, 0.5) is 0 Å². The summed E-state index contributed by atoms with van der Waals surface area (Å²) in [4.78, 5) is 18.6. The van der Waals surface area contributed by atoms with Gasteiger partial charge in [-0.3, -0.25) is 9.69 Å². The topological polar surface area (TPSA) is 71.5 Å². The molecule has 7 nitrogen and oxygen atoms in total. The van der Waals surface area contributed by atoms with Crippen LogP contribution in [0.1, 0.15) is 30.3 Å². The fraction of sp³-hybridized carbons (Fsp3) is 0.500. The Hall–Kier alpha value is -2.39. The summed E-state index contributed by atoms with van der Waals surface area (Å²) in [7, 11) is 1.62. The maximum absolute atomic E-state index is 13.4. The van der Waals surface area contributed by atoms with Crippen molar-refractivity contribution in [3.05, 3.63) is 58.8 Å². The predicted molar refractivity (Wildman–Crippen MR) is 135 cm³/mol. The van der Waals surface area contributed by atoms with Crippen molar-refractivity contribution < 1.29 is 24.1 Å². The number of thiophene rings is 1. The summed E-state index contributed by atoms with van der Waals surface area (Å²) >= 11 is 1.72. The highest BCUT2D eigenvalue weighted by atomic mass is 32.1. The van der Waals surface area contributed by atoms with Crippen molar-refractivity contribution in [1.82, 2.24) is 9.80 Å². The number of aliphatic hydroxyl groups is 1. The van der Waals surface area contributed by atoms with Gasteiger partial charge >= 0.3 is 0 Å². The Balaban J connectivity index is 1.69. The van der Waals surface area contributed by atoms with E-state index in [-0.39, 0.29) is 31.2 Å². The monoisotopic (exact) mass is 488 g/mol. The van der Waals surface area contributed by atoms with Crippen LogP contribution in [-0.4, -0.2) is 79.5 Å². The fourth-order valence-corrected chi connectivity index (χ4v) is 4.99. The van der Waals surface area contributed by atoms with Gasteiger partial charge in [0.25, 0.3) is 0 Å².